The summed E-state index contributed by atoms with van der Waals surface area (Å²) in [6.07, 6.45) is 0.574. The van der Waals surface area contributed by atoms with Crippen molar-refractivity contribution in [1.82, 2.24) is 4.31 Å². The van der Waals surface area contributed by atoms with Crippen LogP contribution < -0.4 is 5.14 Å². The van der Waals surface area contributed by atoms with Gasteiger partial charge < -0.3 is 9.22 Å². The summed E-state index contributed by atoms with van der Waals surface area (Å²) in [5.41, 5.74) is 0.545. The largest absolute Gasteiger partial charge is 0.385 e. The Balaban J connectivity index is 2.57. The second-order valence-electron chi connectivity index (χ2n) is 6.67. The first-order valence-corrected chi connectivity index (χ1v) is 11.7. The molecule has 1 unspecified atom stereocenters. The van der Waals surface area contributed by atoms with Gasteiger partial charge in [0, 0.05) is 25.8 Å². The van der Waals surface area contributed by atoms with Crippen LogP contribution in [0.1, 0.15) is 24.9 Å². The number of sulfonamides is 2. The number of likely N-dealkylation sites (N-methyl/N-ethyl adjacent to an activating group) is 1. The molecule has 0 amide bonds. The average Bonchev–Trinajstić information content (AvgIpc) is 2.96. The molecule has 0 fully saturated rings. The Hall–Kier alpha value is -0.560. The van der Waals surface area contributed by atoms with Gasteiger partial charge in [-0.2, -0.15) is 4.31 Å². The minimum absolute atomic E-state index is 0.0878. The van der Waals surface area contributed by atoms with Crippen molar-refractivity contribution in [3.05, 3.63) is 11.6 Å². The van der Waals surface area contributed by atoms with Crippen LogP contribution in [0.4, 0.5) is 0 Å². The van der Waals surface area contributed by atoms with E-state index in [2.05, 4.69) is 0 Å². The van der Waals surface area contributed by atoms with Crippen LogP contribution in [-0.4, -0.2) is 73.1 Å². The molecule has 0 saturated heterocycles. The first-order chi connectivity index (χ1) is 11.4. The molecule has 0 aliphatic carbocycles. The number of hydrogen-bond acceptors (Lipinski definition) is 6. The lowest BCUT2D eigenvalue weighted by Gasteiger charge is -2.42. The third kappa shape index (κ3) is 4.07. The molecule has 1 atom stereocenters. The van der Waals surface area contributed by atoms with Gasteiger partial charge >= 0.3 is 0 Å². The maximum atomic E-state index is 13.0. The van der Waals surface area contributed by atoms with Gasteiger partial charge in [-0.3, -0.25) is 0 Å². The number of methoxy groups -OCH3 is 1. The monoisotopic (exact) mass is 412 g/mol. The second-order valence-corrected chi connectivity index (χ2v) is 11.6. The van der Waals surface area contributed by atoms with Gasteiger partial charge in [0.1, 0.15) is 14.5 Å². The first-order valence-electron chi connectivity index (χ1n) is 7.93. The molecule has 8 nitrogen and oxygen atoms in total. The predicted octanol–water partition coefficient (Wildman–Crippen LogP) is 0.574. The summed E-state index contributed by atoms with van der Waals surface area (Å²) in [5, 5.41) is 5.23. The summed E-state index contributed by atoms with van der Waals surface area (Å²) in [7, 11) is -2.10. The Kier molecular flexibility index (Phi) is 5.99. The summed E-state index contributed by atoms with van der Waals surface area (Å²) < 4.78 is 56.3. The van der Waals surface area contributed by atoms with E-state index in [0.717, 1.165) is 17.9 Å². The molecular formula is C14H26N3O5S3+. The van der Waals surface area contributed by atoms with E-state index < -0.39 is 20.0 Å². The summed E-state index contributed by atoms with van der Waals surface area (Å²) >= 11 is 0.739. The Morgan fingerprint density at radius 3 is 2.60 bits per heavy atom. The van der Waals surface area contributed by atoms with Gasteiger partial charge in [0.2, 0.25) is 10.0 Å². The van der Waals surface area contributed by atoms with Crippen molar-refractivity contribution < 1.29 is 26.1 Å². The molecule has 2 rings (SSSR count). The van der Waals surface area contributed by atoms with Gasteiger partial charge in [-0.05, 0) is 19.4 Å². The molecule has 0 radical (unpaired) electrons. The molecule has 2 N–H and O–H groups in total. The topological polar surface area (TPSA) is 107 Å². The van der Waals surface area contributed by atoms with Crippen LogP contribution in [0.15, 0.2) is 14.5 Å². The van der Waals surface area contributed by atoms with Gasteiger partial charge in [0.15, 0.2) is 0 Å². The molecule has 11 heteroatoms. The highest BCUT2D eigenvalue weighted by Crippen LogP contribution is 2.43. The highest BCUT2D eigenvalue weighted by atomic mass is 32.3. The number of nitrogens with zero attached hydrogens (tertiary/aromatic N) is 2. The molecule has 0 aromatic carbocycles. The van der Waals surface area contributed by atoms with E-state index in [1.165, 1.54) is 10.4 Å². The summed E-state index contributed by atoms with van der Waals surface area (Å²) in [4.78, 5) is 0. The molecule has 25 heavy (non-hydrogen) atoms. The van der Waals surface area contributed by atoms with Crippen LogP contribution in [0.2, 0.25) is 0 Å². The lowest BCUT2D eigenvalue weighted by molar-refractivity contribution is -0.919. The predicted molar refractivity (Wildman–Crippen MR) is 96.3 cm³/mol. The van der Waals surface area contributed by atoms with Crippen molar-refractivity contribution in [2.24, 2.45) is 5.14 Å². The fourth-order valence-corrected chi connectivity index (χ4v) is 7.15. The fraction of sp³-hybridized carbons (Fsp3) is 0.714. The summed E-state index contributed by atoms with van der Waals surface area (Å²) in [5.74, 6) is 0. The van der Waals surface area contributed by atoms with Crippen LogP contribution >= 0.6 is 11.3 Å². The van der Waals surface area contributed by atoms with Crippen LogP contribution in [0.25, 0.3) is 0 Å². The number of ether oxygens (including phenoxy) is 1. The number of nitrogens with two attached hydrogens (primary N) is 1. The number of fused-ring (bicyclic) bond motifs is 1. The lowest BCUT2D eigenvalue weighted by Crippen LogP contribution is -2.52. The molecule has 144 valence electrons. The zero-order chi connectivity index (χ0) is 19.0. The van der Waals surface area contributed by atoms with E-state index in [0.29, 0.717) is 36.2 Å². The van der Waals surface area contributed by atoms with E-state index >= 15 is 0 Å². The zero-order valence-electron chi connectivity index (χ0n) is 14.9. The van der Waals surface area contributed by atoms with Gasteiger partial charge in [0.25, 0.3) is 10.0 Å². The van der Waals surface area contributed by atoms with E-state index in [-0.39, 0.29) is 14.5 Å². The molecule has 1 aliphatic heterocycles. The molecule has 1 aromatic heterocycles. The van der Waals surface area contributed by atoms with Gasteiger partial charge in [-0.25, -0.2) is 22.0 Å². The first kappa shape index (κ1) is 20.7. The van der Waals surface area contributed by atoms with Gasteiger partial charge in [-0.15, -0.1) is 11.3 Å². The zero-order valence-corrected chi connectivity index (χ0v) is 17.4. The van der Waals surface area contributed by atoms with Crippen LogP contribution in [0, 0.1) is 0 Å². The normalized spacial score (nSPS) is 21.2. The van der Waals surface area contributed by atoms with Crippen LogP contribution in [0.3, 0.4) is 0 Å². The molecule has 2 heterocycles. The maximum absolute atomic E-state index is 13.0. The number of hydrogen-bond donors (Lipinski definition) is 1. The fourth-order valence-electron chi connectivity index (χ4n) is 2.86. The van der Waals surface area contributed by atoms with Crippen LogP contribution in [0.5, 0.6) is 0 Å². The van der Waals surface area contributed by atoms with Gasteiger partial charge in [0.05, 0.1) is 27.2 Å². The Bertz CT molecular complexity index is 830. The van der Waals surface area contributed by atoms with E-state index in [9.17, 15) is 16.8 Å². The van der Waals surface area contributed by atoms with E-state index in [1.807, 2.05) is 21.0 Å². The summed E-state index contributed by atoms with van der Waals surface area (Å²) in [6.45, 7) is 3.89. The van der Waals surface area contributed by atoms with E-state index in [4.69, 9.17) is 9.88 Å². The molecule has 1 aromatic rings. The van der Waals surface area contributed by atoms with Gasteiger partial charge in [-0.1, -0.05) is 0 Å². The molecule has 0 saturated carbocycles. The second kappa shape index (κ2) is 7.22. The average molecular weight is 413 g/mol. The Morgan fingerprint density at radius 2 is 2.08 bits per heavy atom. The minimum atomic E-state index is -3.95. The lowest BCUT2D eigenvalue weighted by atomic mass is 10.1. The van der Waals surface area contributed by atoms with Crippen molar-refractivity contribution in [2.45, 2.75) is 27.8 Å². The number of rotatable bonds is 7. The van der Waals surface area contributed by atoms with Crippen molar-refractivity contribution in [2.75, 3.05) is 47.4 Å². The quantitative estimate of drug-likeness (QED) is 0.521. The third-order valence-corrected chi connectivity index (χ3v) is 9.67. The number of quaternary nitrogens is 1. The minimum Gasteiger partial charge on any atom is -0.385 e. The number of thiophene rings is 1. The van der Waals surface area contributed by atoms with Crippen molar-refractivity contribution >= 4 is 31.4 Å². The van der Waals surface area contributed by atoms with E-state index in [1.54, 1.807) is 7.11 Å². The molecule has 1 aliphatic rings. The van der Waals surface area contributed by atoms with Crippen LogP contribution in [-0.2, 0) is 24.8 Å². The van der Waals surface area contributed by atoms with Crippen molar-refractivity contribution in [1.29, 1.82) is 0 Å². The van der Waals surface area contributed by atoms with Crippen molar-refractivity contribution in [3.63, 3.8) is 0 Å². The number of primary sulfonamides is 1. The highest BCUT2D eigenvalue weighted by molar-refractivity contribution is 7.94. The molecule has 0 bridgehead atoms. The summed E-state index contributed by atoms with van der Waals surface area (Å²) in [6, 6.07) is 1.28. The van der Waals surface area contributed by atoms with Crippen molar-refractivity contribution in [3.8, 4) is 0 Å². The Morgan fingerprint density at radius 1 is 1.44 bits per heavy atom. The Labute approximate surface area is 153 Å². The molecule has 0 spiro atoms. The smallest absolute Gasteiger partial charge is 0.253 e. The highest BCUT2D eigenvalue weighted by Gasteiger charge is 2.45. The third-order valence-electron chi connectivity index (χ3n) is 4.71. The SMILES string of the molecule is CC[N+](C)(C)C1CN(CCCOC)S(=O)(=O)c2sc(S(N)(=O)=O)cc21. The maximum Gasteiger partial charge on any atom is 0.253 e. The standard InChI is InChI=1S/C14H26N3O5S3/c1-5-17(2,3)12-10-16(7-6-8-22-4)25(20,21)14-11(12)9-13(23-14)24(15,18)19/h9,12H,5-8,10H2,1-4H3,(H2,15,18,19)/q+1. The molecular weight excluding hydrogens is 386 g/mol.